The lowest BCUT2D eigenvalue weighted by atomic mass is 9.77. The lowest BCUT2D eigenvalue weighted by Gasteiger charge is -2.27. The molecule has 8 nitrogen and oxygen atoms in total. The second-order valence-electron chi connectivity index (χ2n) is 6.18. The molecule has 0 saturated carbocycles. The van der Waals surface area contributed by atoms with Gasteiger partial charge in [-0.3, -0.25) is 0 Å². The first kappa shape index (κ1) is 19.5. The fraction of sp³-hybridized carbons (Fsp3) is 0.158. The molecule has 0 aromatic heterocycles. The maximum Gasteiger partial charge on any atom is 0.335 e. The van der Waals surface area contributed by atoms with Crippen molar-refractivity contribution < 1.29 is 29.4 Å². The summed E-state index contributed by atoms with van der Waals surface area (Å²) >= 11 is 0. The van der Waals surface area contributed by atoms with E-state index < -0.39 is 17.4 Å². The Balaban J connectivity index is 2.74. The Kier molecular flexibility index (Phi) is 5.46. The van der Waals surface area contributed by atoms with Crippen molar-refractivity contribution in [2.75, 3.05) is 0 Å². The van der Waals surface area contributed by atoms with Crippen LogP contribution in [0.3, 0.4) is 0 Å². The average molecular weight is 366 g/mol. The summed E-state index contributed by atoms with van der Waals surface area (Å²) in [6.07, 6.45) is 2.73. The normalized spacial score (nSPS) is 10.4. The maximum atomic E-state index is 11.4. The molecule has 0 fully saturated rings. The summed E-state index contributed by atoms with van der Waals surface area (Å²) in [7, 11) is 0. The number of carbonyl (C=O) groups excluding carboxylic acids is 2. The van der Waals surface area contributed by atoms with Crippen molar-refractivity contribution in [3.63, 3.8) is 0 Å². The van der Waals surface area contributed by atoms with E-state index >= 15 is 0 Å². The van der Waals surface area contributed by atoms with Crippen LogP contribution in [0, 0.1) is 0 Å². The highest BCUT2D eigenvalue weighted by atomic mass is 16.4. The third-order valence-corrected chi connectivity index (χ3v) is 4.12. The number of carboxylic acids is 2. The van der Waals surface area contributed by atoms with Crippen LogP contribution in [0.25, 0.3) is 0 Å². The van der Waals surface area contributed by atoms with Crippen LogP contribution in [0.5, 0.6) is 0 Å². The summed E-state index contributed by atoms with van der Waals surface area (Å²) < 4.78 is 0. The van der Waals surface area contributed by atoms with E-state index in [9.17, 15) is 29.4 Å². The molecule has 0 aliphatic heterocycles. The summed E-state index contributed by atoms with van der Waals surface area (Å²) in [6.45, 7) is 3.47. The van der Waals surface area contributed by atoms with Gasteiger partial charge in [-0.05, 0) is 47.5 Å². The topological polar surface area (TPSA) is 133 Å². The Morgan fingerprint density at radius 1 is 0.778 bits per heavy atom. The van der Waals surface area contributed by atoms with Crippen LogP contribution in [0.4, 0.5) is 11.4 Å². The number of hydrogen-bond donors (Lipinski definition) is 2. The minimum atomic E-state index is -1.21. The summed E-state index contributed by atoms with van der Waals surface area (Å²) in [5, 5.41) is 18.6. The first-order chi connectivity index (χ1) is 12.7. The molecular formula is C19H14N2O6. The largest absolute Gasteiger partial charge is 0.478 e. The molecule has 0 bridgehead atoms. The number of carbonyl (C=O) groups is 2. The van der Waals surface area contributed by atoms with Gasteiger partial charge in [-0.25, -0.2) is 19.2 Å². The van der Waals surface area contributed by atoms with Crippen molar-refractivity contribution in [1.29, 1.82) is 0 Å². The van der Waals surface area contributed by atoms with Gasteiger partial charge in [0.25, 0.3) is 0 Å². The van der Waals surface area contributed by atoms with E-state index in [4.69, 9.17) is 0 Å². The number of aromatic carboxylic acids is 2. The van der Waals surface area contributed by atoms with Crippen molar-refractivity contribution in [3.05, 3.63) is 58.7 Å². The third kappa shape index (κ3) is 4.22. The van der Waals surface area contributed by atoms with Crippen LogP contribution < -0.4 is 0 Å². The molecular weight excluding hydrogens is 352 g/mol. The summed E-state index contributed by atoms with van der Waals surface area (Å²) in [4.78, 5) is 50.9. The summed E-state index contributed by atoms with van der Waals surface area (Å²) in [5.41, 5.74) is 0.0872. The molecule has 0 atom stereocenters. The molecule has 8 heteroatoms. The molecule has 0 radical (unpaired) electrons. The van der Waals surface area contributed by atoms with E-state index in [-0.39, 0.29) is 22.5 Å². The quantitative estimate of drug-likeness (QED) is 0.595. The van der Waals surface area contributed by atoms with Crippen LogP contribution in [0.1, 0.15) is 45.7 Å². The molecule has 0 heterocycles. The van der Waals surface area contributed by atoms with Gasteiger partial charge in [0.05, 0.1) is 22.5 Å². The third-order valence-electron chi connectivity index (χ3n) is 4.12. The zero-order valence-corrected chi connectivity index (χ0v) is 14.4. The summed E-state index contributed by atoms with van der Waals surface area (Å²) in [5.74, 6) is -2.42. The van der Waals surface area contributed by atoms with Gasteiger partial charge >= 0.3 is 11.9 Å². The Morgan fingerprint density at radius 3 is 1.44 bits per heavy atom. The number of rotatable bonds is 6. The van der Waals surface area contributed by atoms with Gasteiger partial charge in [0, 0.05) is 5.41 Å². The fourth-order valence-electron chi connectivity index (χ4n) is 2.59. The van der Waals surface area contributed by atoms with Gasteiger partial charge in [-0.15, -0.1) is 0 Å². The number of aliphatic imine (C=N–C) groups is 2. The van der Waals surface area contributed by atoms with Crippen molar-refractivity contribution in [2.24, 2.45) is 9.98 Å². The number of isocyanates is 2. The molecule has 0 aliphatic carbocycles. The van der Waals surface area contributed by atoms with Gasteiger partial charge in [0.15, 0.2) is 0 Å². The van der Waals surface area contributed by atoms with Crippen LogP contribution >= 0.6 is 0 Å². The molecule has 0 unspecified atom stereocenters. The van der Waals surface area contributed by atoms with Crippen LogP contribution in [0.2, 0.25) is 0 Å². The first-order valence-corrected chi connectivity index (χ1v) is 7.62. The van der Waals surface area contributed by atoms with Gasteiger partial charge in [-0.1, -0.05) is 13.8 Å². The van der Waals surface area contributed by atoms with Crippen molar-refractivity contribution in [2.45, 2.75) is 19.3 Å². The van der Waals surface area contributed by atoms with Crippen LogP contribution in [0.15, 0.2) is 46.4 Å². The Labute approximate surface area is 153 Å². The van der Waals surface area contributed by atoms with E-state index in [1.807, 2.05) is 0 Å². The lowest BCUT2D eigenvalue weighted by molar-refractivity contribution is 0.0686. The molecule has 2 aromatic rings. The number of carboxylic acid groups (broad SMARTS) is 2. The highest BCUT2D eigenvalue weighted by Gasteiger charge is 2.27. The Morgan fingerprint density at radius 2 is 1.15 bits per heavy atom. The van der Waals surface area contributed by atoms with Gasteiger partial charge in [0.2, 0.25) is 12.2 Å². The molecule has 0 spiro atoms. The standard InChI is InChI=1S/C19H14N2O6/c1-19(2,13-3-11(17(24)25)5-15(7-13)20-9-22)14-4-12(18(26)27)6-16(8-14)21-10-23/h3-8H,1-2H3,(H,24,25)(H,26,27). The van der Waals surface area contributed by atoms with E-state index in [2.05, 4.69) is 9.98 Å². The fourth-order valence-corrected chi connectivity index (χ4v) is 2.59. The second kappa shape index (κ2) is 7.58. The number of benzene rings is 2. The Hall–Kier alpha value is -3.86. The monoisotopic (exact) mass is 366 g/mol. The van der Waals surface area contributed by atoms with Gasteiger partial charge in [-0.2, -0.15) is 9.98 Å². The molecule has 2 aromatic carbocycles. The molecule has 0 saturated heterocycles. The first-order valence-electron chi connectivity index (χ1n) is 7.62. The molecule has 2 N–H and O–H groups in total. The van der Waals surface area contributed by atoms with Crippen molar-refractivity contribution >= 4 is 35.5 Å². The predicted molar refractivity (Wildman–Crippen MR) is 94.5 cm³/mol. The van der Waals surface area contributed by atoms with Gasteiger partial charge < -0.3 is 10.2 Å². The summed E-state index contributed by atoms with van der Waals surface area (Å²) in [6, 6.07) is 8.27. The minimum Gasteiger partial charge on any atom is -0.478 e. The average Bonchev–Trinajstić information content (AvgIpc) is 2.61. The highest BCUT2D eigenvalue weighted by molar-refractivity contribution is 5.90. The molecule has 27 heavy (non-hydrogen) atoms. The zero-order chi connectivity index (χ0) is 20.2. The minimum absolute atomic E-state index is 0.0879. The van der Waals surface area contributed by atoms with E-state index in [1.165, 1.54) is 48.6 Å². The van der Waals surface area contributed by atoms with Crippen molar-refractivity contribution in [1.82, 2.24) is 0 Å². The molecule has 0 amide bonds. The van der Waals surface area contributed by atoms with Crippen LogP contribution in [-0.4, -0.2) is 34.3 Å². The molecule has 136 valence electrons. The lowest BCUT2D eigenvalue weighted by Crippen LogP contribution is -2.20. The predicted octanol–water partition coefficient (Wildman–Crippen LogP) is 3.34. The van der Waals surface area contributed by atoms with Gasteiger partial charge in [0.1, 0.15) is 0 Å². The molecule has 0 aliphatic rings. The second-order valence-corrected chi connectivity index (χ2v) is 6.18. The van der Waals surface area contributed by atoms with Crippen molar-refractivity contribution in [3.8, 4) is 0 Å². The van der Waals surface area contributed by atoms with E-state index in [1.54, 1.807) is 13.8 Å². The Bertz CT molecular complexity index is 906. The smallest absolute Gasteiger partial charge is 0.335 e. The highest BCUT2D eigenvalue weighted by Crippen LogP contribution is 2.36. The number of hydrogen-bond acceptors (Lipinski definition) is 6. The SMILES string of the molecule is CC(C)(c1cc(N=C=O)cc(C(=O)O)c1)c1cc(N=C=O)cc(C(=O)O)c1. The van der Waals surface area contributed by atoms with Crippen LogP contribution in [-0.2, 0) is 15.0 Å². The molecule has 2 rings (SSSR count). The van der Waals surface area contributed by atoms with E-state index in [0.29, 0.717) is 11.1 Å². The number of nitrogens with zero attached hydrogens (tertiary/aromatic N) is 2. The zero-order valence-electron chi connectivity index (χ0n) is 14.4. The maximum absolute atomic E-state index is 11.4. The van der Waals surface area contributed by atoms with E-state index in [0.717, 1.165) is 0 Å².